The van der Waals surface area contributed by atoms with E-state index in [2.05, 4.69) is 41.2 Å². The molecule has 2 saturated heterocycles. The van der Waals surface area contributed by atoms with Crippen molar-refractivity contribution >= 4 is 58.9 Å². The van der Waals surface area contributed by atoms with Crippen LogP contribution in [-0.4, -0.2) is 166 Å². The van der Waals surface area contributed by atoms with Gasteiger partial charge >= 0.3 is 6.03 Å². The molecule has 26 heteroatoms. The molecule has 2 aliphatic rings. The van der Waals surface area contributed by atoms with E-state index in [9.17, 15) is 39.3 Å². The molecule has 0 saturated carbocycles. The van der Waals surface area contributed by atoms with Gasteiger partial charge in [-0.2, -0.15) is 22.3 Å². The van der Waals surface area contributed by atoms with Crippen molar-refractivity contribution in [2.45, 2.75) is 103 Å². The number of carbonyl (C=O) groups excluding carboxylic acids is 4. The van der Waals surface area contributed by atoms with E-state index < -0.39 is 11.1 Å². The van der Waals surface area contributed by atoms with Gasteiger partial charge in [-0.15, -0.1) is 0 Å². The molecule has 8 aromatic rings. The summed E-state index contributed by atoms with van der Waals surface area (Å²) in [5.74, 6) is 1.98. The van der Waals surface area contributed by atoms with Crippen molar-refractivity contribution in [1.82, 2.24) is 41.2 Å². The summed E-state index contributed by atoms with van der Waals surface area (Å²) in [5.41, 5.74) is 13.8. The first kappa shape index (κ1) is 81.8. The molecule has 0 unspecified atom stereocenters. The number of H-pyrrole nitrogens is 2. The number of hydrogen-bond donors (Lipinski definition) is 7. The number of hydrogen-bond acceptors (Lipinski definition) is 20. The summed E-state index contributed by atoms with van der Waals surface area (Å²) in [6.07, 6.45) is 7.60. The zero-order valence-electron chi connectivity index (χ0n) is 60.0. The number of nitrogens with one attached hydrogen (secondary N) is 6. The van der Waals surface area contributed by atoms with E-state index in [0.717, 1.165) is 84.1 Å². The number of unbranched alkanes of at least 4 members (excludes halogenated alkanes) is 2. The lowest BCUT2D eigenvalue weighted by atomic mass is 10.0. The fourth-order valence-electron chi connectivity index (χ4n) is 11.6. The van der Waals surface area contributed by atoms with E-state index in [1.807, 2.05) is 169 Å². The molecular weight excluding hydrogens is 1420 g/mol. The Morgan fingerprint density at radius 3 is 1.40 bits per heavy atom. The maximum Gasteiger partial charge on any atom is 0.315 e. The molecule has 4 heterocycles. The Labute approximate surface area is 637 Å². The highest BCUT2D eigenvalue weighted by Gasteiger charge is 2.42. The molecule has 4 amide bonds. The fourth-order valence-corrected chi connectivity index (χ4v) is 14.7. The van der Waals surface area contributed by atoms with Gasteiger partial charge < -0.3 is 65.4 Å². The Morgan fingerprint density at radius 1 is 0.486 bits per heavy atom. The SMILES string of the molecule is N#Cc1c(-c2ccc(-c3ccccc3)cc2)nc(SCc2ccc(C(=O)CCCCOCCOCCOCCCN)cc2)[nH]c1=O.N#Cc1c(-c2ccc(-c3ccccc3)cc2)nc(SCc2ccc(C(=O)NCCCOCCOCCOCCCNC(=O)CCCC[C@@H]3SC[C@@H]4NC(=O)N[C@@H]43)cc2)[nH]c1=O. The van der Waals surface area contributed by atoms with Gasteiger partial charge in [-0.25, -0.2) is 14.8 Å². The summed E-state index contributed by atoms with van der Waals surface area (Å²) in [4.78, 5) is 89.2. The van der Waals surface area contributed by atoms with Crippen LogP contribution < -0.4 is 38.1 Å². The summed E-state index contributed by atoms with van der Waals surface area (Å²) in [7, 11) is 0. The molecule has 10 rings (SSSR count). The Hall–Kier alpha value is -9.29. The lowest BCUT2D eigenvalue weighted by molar-refractivity contribution is -0.121. The van der Waals surface area contributed by atoms with E-state index in [1.54, 1.807) is 12.1 Å². The van der Waals surface area contributed by atoms with Crippen molar-refractivity contribution in [3.63, 3.8) is 0 Å². The first-order valence-electron chi connectivity index (χ1n) is 36.2. The molecule has 107 heavy (non-hydrogen) atoms. The minimum absolute atomic E-state index is 0.0175. The largest absolute Gasteiger partial charge is 0.379 e. The van der Waals surface area contributed by atoms with Crippen LogP contribution in [-0.2, 0) is 44.7 Å². The van der Waals surface area contributed by atoms with Crippen LogP contribution >= 0.6 is 35.3 Å². The molecular formula is C81H93N11O12S3. The minimum Gasteiger partial charge on any atom is -0.379 e. The van der Waals surface area contributed by atoms with E-state index >= 15 is 0 Å². The van der Waals surface area contributed by atoms with Crippen LogP contribution in [0.4, 0.5) is 4.79 Å². The van der Waals surface area contributed by atoms with Crippen molar-refractivity contribution in [1.29, 1.82) is 10.5 Å². The maximum absolute atomic E-state index is 12.8. The number of ketones is 1. The lowest BCUT2D eigenvalue weighted by Crippen LogP contribution is -2.36. The standard InChI is InChI=1S/C45H53N7O7S2.C36H40N4O5S/c46-28-36-40(34-18-16-33(17-19-34)32-8-2-1-3-9-32)51-45(52-43(36)55)61-29-31-12-14-35(15-13-31)42(54)48-21-7-23-58-25-27-59-26-24-57-22-6-20-47-39(53)11-5-4-10-38-41-37(30-60-38)49-44(56)50-41;37-18-6-20-44-22-24-45-23-21-43-19-5-4-9-33(41)30-12-10-27(11-13-30)26-46-36-39-34(32(25-38)35(42)40-36)31-16-14-29(15-17-31)28-7-2-1-3-8-28/h1-3,8-9,12-19,37-38,41H,4-7,10-11,20-27,29-30H2,(H,47,53)(H,48,54)(H2,49,50,56)(H,51,52,55);1-3,7-8,10-17H,4-6,9,18-24,26,37H2,(H,39,40,42)/t37-,38-,41-;/m0./s1. The summed E-state index contributed by atoms with van der Waals surface area (Å²) in [6, 6.07) is 54.4. The quantitative estimate of drug-likeness (QED) is 0.00613. The predicted octanol–water partition coefficient (Wildman–Crippen LogP) is 11.7. The van der Waals surface area contributed by atoms with Crippen LogP contribution in [0.5, 0.6) is 0 Å². The maximum atomic E-state index is 12.8. The molecule has 3 atom stereocenters. The van der Waals surface area contributed by atoms with Gasteiger partial charge in [-0.1, -0.05) is 176 Å². The van der Waals surface area contributed by atoms with Gasteiger partial charge in [-0.05, 0) is 97.0 Å². The Kier molecular flexibility index (Phi) is 35.2. The fraction of sp³-hybridized carbons (Fsp3) is 0.383. The number of aromatic amines is 2. The van der Waals surface area contributed by atoms with Crippen LogP contribution in [0.25, 0.3) is 44.8 Å². The number of aromatic nitrogens is 4. The lowest BCUT2D eigenvalue weighted by Gasteiger charge is -2.16. The minimum atomic E-state index is -0.488. The predicted molar refractivity (Wildman–Crippen MR) is 418 cm³/mol. The number of nitriles is 2. The molecule has 0 spiro atoms. The van der Waals surface area contributed by atoms with Gasteiger partial charge in [0, 0.05) is 97.1 Å². The second-order valence-electron chi connectivity index (χ2n) is 25.1. The number of ether oxygens (including phenoxy) is 6. The Bertz CT molecular complexity index is 4280. The van der Waals surface area contributed by atoms with Crippen LogP contribution in [0.3, 0.4) is 0 Å². The third kappa shape index (κ3) is 27.5. The van der Waals surface area contributed by atoms with Gasteiger partial charge in [-0.3, -0.25) is 24.0 Å². The number of urea groups is 1. The molecule has 8 N–H and O–H groups in total. The summed E-state index contributed by atoms with van der Waals surface area (Å²) < 4.78 is 33.2. The van der Waals surface area contributed by atoms with Crippen molar-refractivity contribution in [3.8, 4) is 56.9 Å². The number of nitrogens with two attached hydrogens (primary N) is 1. The first-order chi connectivity index (χ1) is 52.5. The molecule has 0 aliphatic carbocycles. The van der Waals surface area contributed by atoms with Crippen LogP contribution in [0.15, 0.2) is 178 Å². The molecule has 2 fully saturated rings. The molecule has 2 aromatic heterocycles. The number of amides is 4. The summed E-state index contributed by atoms with van der Waals surface area (Å²) in [6.45, 7) is 7.93. The smallest absolute Gasteiger partial charge is 0.315 e. The van der Waals surface area contributed by atoms with Crippen molar-refractivity contribution in [2.75, 3.05) is 105 Å². The van der Waals surface area contributed by atoms with Crippen LogP contribution in [0.1, 0.15) is 107 Å². The third-order valence-corrected chi connectivity index (χ3v) is 20.7. The number of nitrogens with zero attached hydrogens (tertiary/aromatic N) is 4. The monoisotopic (exact) mass is 1510 g/mol. The first-order valence-corrected chi connectivity index (χ1v) is 39.3. The summed E-state index contributed by atoms with van der Waals surface area (Å²) in [5, 5.41) is 32.4. The normalized spacial score (nSPS) is 14.2. The highest BCUT2D eigenvalue weighted by atomic mass is 32.2. The van der Waals surface area contributed by atoms with Crippen molar-refractivity contribution in [2.24, 2.45) is 5.73 Å². The zero-order chi connectivity index (χ0) is 75.1. The second-order valence-corrected chi connectivity index (χ2v) is 28.3. The van der Waals surface area contributed by atoms with Gasteiger partial charge in [0.25, 0.3) is 17.0 Å². The van der Waals surface area contributed by atoms with E-state index in [-0.39, 0.29) is 46.8 Å². The molecule has 2 aliphatic heterocycles. The Morgan fingerprint density at radius 2 is 0.916 bits per heavy atom. The second kappa shape index (κ2) is 46.0. The molecule has 6 aromatic carbocycles. The van der Waals surface area contributed by atoms with Gasteiger partial charge in [0.2, 0.25) is 5.91 Å². The number of fused-ring (bicyclic) bond motifs is 1. The van der Waals surface area contributed by atoms with E-state index in [4.69, 9.17) is 34.2 Å². The number of rotatable bonds is 45. The van der Waals surface area contributed by atoms with E-state index in [1.165, 1.54) is 23.5 Å². The molecule has 0 bridgehead atoms. The van der Waals surface area contributed by atoms with Crippen LogP contribution in [0, 0.1) is 22.7 Å². The number of Topliss-reactive ketones (excluding diaryl/α,β-unsaturated/α-hetero) is 1. The number of thioether (sulfide) groups is 3. The highest BCUT2D eigenvalue weighted by Crippen LogP contribution is 2.34. The van der Waals surface area contributed by atoms with Crippen molar-refractivity contribution in [3.05, 3.63) is 212 Å². The molecule has 0 radical (unpaired) electrons. The van der Waals surface area contributed by atoms with E-state index in [0.29, 0.717) is 179 Å². The zero-order valence-corrected chi connectivity index (χ0v) is 62.5. The third-order valence-electron chi connectivity index (χ3n) is 17.3. The molecule has 562 valence electrons. The molecule has 23 nitrogen and oxygen atoms in total. The Balaban J connectivity index is 0.000000257. The van der Waals surface area contributed by atoms with Gasteiger partial charge in [0.1, 0.15) is 23.3 Å². The topological polar surface area (TPSA) is 337 Å². The number of benzene rings is 6. The summed E-state index contributed by atoms with van der Waals surface area (Å²) >= 11 is 4.61. The van der Waals surface area contributed by atoms with Gasteiger partial charge in [0.05, 0.1) is 76.3 Å². The highest BCUT2D eigenvalue weighted by molar-refractivity contribution is 8.00. The average Bonchev–Trinajstić information content (AvgIpc) is 0.850. The average molecular weight is 1510 g/mol. The van der Waals surface area contributed by atoms with Gasteiger partial charge in [0.15, 0.2) is 16.1 Å². The van der Waals surface area contributed by atoms with Crippen molar-refractivity contribution < 1.29 is 47.6 Å². The number of carbonyl (C=O) groups is 4. The van der Waals surface area contributed by atoms with Crippen LogP contribution in [0.2, 0.25) is 0 Å².